The fraction of sp³-hybridized carbons (Fsp3) is 0.412. The highest BCUT2D eigenvalue weighted by Gasteiger charge is 2.48. The van der Waals surface area contributed by atoms with Gasteiger partial charge in [-0.05, 0) is 18.2 Å². The van der Waals surface area contributed by atoms with Crippen LogP contribution in [0, 0.1) is 0 Å². The van der Waals surface area contributed by atoms with E-state index in [9.17, 15) is 38.1 Å². The third-order valence-corrected chi connectivity index (χ3v) is 4.59. The Labute approximate surface area is 171 Å². The van der Waals surface area contributed by atoms with Crippen LogP contribution in [0.15, 0.2) is 36.4 Å². The summed E-state index contributed by atoms with van der Waals surface area (Å²) in [5.74, 6) is -4.76. The second kappa shape index (κ2) is 8.49. The summed E-state index contributed by atoms with van der Waals surface area (Å²) in [5.41, 5.74) is 0.653. The van der Waals surface area contributed by atoms with Crippen LogP contribution in [0.25, 0.3) is 11.0 Å². The number of carbonyl (C=O) groups is 2. The van der Waals surface area contributed by atoms with E-state index in [2.05, 4.69) is 10.1 Å². The Morgan fingerprint density at radius 1 is 1.29 bits per heavy atom. The molecule has 5 atom stereocenters. The molecule has 2 aromatic heterocycles. The van der Waals surface area contributed by atoms with Gasteiger partial charge in [0, 0.05) is 6.20 Å². The number of nitrogens with zero attached hydrogens (tertiary/aromatic N) is 3. The molecule has 3 heterocycles. The molecule has 1 aliphatic heterocycles. The van der Waals surface area contributed by atoms with Crippen molar-refractivity contribution in [2.75, 3.05) is 6.61 Å². The van der Waals surface area contributed by atoms with Gasteiger partial charge in [-0.2, -0.15) is 18.3 Å². The number of nitrogens with one attached hydrogen (secondary N) is 1. The number of carboxylic acids is 1. The number of hydrogen-bond donors (Lipinski definition) is 5. The van der Waals surface area contributed by atoms with Gasteiger partial charge in [-0.25, -0.2) is 4.79 Å². The van der Waals surface area contributed by atoms with Crippen molar-refractivity contribution >= 4 is 22.9 Å². The first kappa shape index (κ1) is 22.5. The van der Waals surface area contributed by atoms with Crippen LogP contribution in [0.3, 0.4) is 0 Å². The van der Waals surface area contributed by atoms with E-state index in [-0.39, 0.29) is 0 Å². The number of alkyl halides is 3. The number of aliphatic hydroxyl groups is 3. The first-order valence-electron chi connectivity index (χ1n) is 8.79. The van der Waals surface area contributed by atoms with E-state index in [1.54, 1.807) is 17.4 Å². The number of aliphatic hydroxyl groups excluding tert-OH is 3. The summed E-state index contributed by atoms with van der Waals surface area (Å²) in [4.78, 5) is 27.2. The molecule has 0 unspecified atom stereocenters. The smallest absolute Gasteiger partial charge is 0.471 e. The van der Waals surface area contributed by atoms with E-state index in [0.29, 0.717) is 11.0 Å². The van der Waals surface area contributed by atoms with E-state index >= 15 is 0 Å². The zero-order valence-corrected chi connectivity index (χ0v) is 15.5. The van der Waals surface area contributed by atoms with Crippen molar-refractivity contribution in [2.24, 2.45) is 0 Å². The molecule has 0 bridgehead atoms. The quantitative estimate of drug-likeness (QED) is 0.378. The number of carbonyl (C=O) groups excluding carboxylic acids is 1. The molecule has 5 N–H and O–H groups in total. The Morgan fingerprint density at radius 2 is 2.00 bits per heavy atom. The van der Waals surface area contributed by atoms with Gasteiger partial charge in [0.25, 0.3) is 0 Å². The minimum Gasteiger partial charge on any atom is -0.478 e. The normalized spacial score (nSPS) is 23.5. The number of aromatic nitrogens is 3. The lowest BCUT2D eigenvalue weighted by atomic mass is 9.92. The predicted octanol–water partition coefficient (Wildman–Crippen LogP) is -0.899. The molecule has 11 nitrogen and oxygen atoms in total. The van der Waals surface area contributed by atoms with Gasteiger partial charge in [0.05, 0.1) is 24.9 Å². The molecule has 0 spiro atoms. The van der Waals surface area contributed by atoms with Crippen LogP contribution in [0.1, 0.15) is 6.04 Å². The summed E-state index contributed by atoms with van der Waals surface area (Å²) in [6.45, 7) is -1.01. The van der Waals surface area contributed by atoms with Crippen LogP contribution >= 0.6 is 0 Å². The molecular weight excluding hydrogens is 429 g/mol. The maximum atomic E-state index is 12.9. The lowest BCUT2D eigenvalue weighted by Gasteiger charge is -2.40. The molecule has 0 aromatic carbocycles. The summed E-state index contributed by atoms with van der Waals surface area (Å²) in [6.07, 6.45) is -7.49. The monoisotopic (exact) mass is 446 g/mol. The van der Waals surface area contributed by atoms with Crippen molar-refractivity contribution in [1.82, 2.24) is 20.1 Å². The number of rotatable bonds is 6. The van der Waals surface area contributed by atoms with E-state index in [0.717, 1.165) is 10.8 Å². The minimum absolute atomic E-state index is 0.327. The second-order valence-corrected chi connectivity index (χ2v) is 6.66. The molecule has 0 saturated heterocycles. The number of ether oxygens (including phenoxy) is 1. The molecule has 168 valence electrons. The fourth-order valence-corrected chi connectivity index (χ4v) is 3.11. The topological polar surface area (TPSA) is 167 Å². The van der Waals surface area contributed by atoms with Gasteiger partial charge in [-0.3, -0.25) is 14.5 Å². The van der Waals surface area contributed by atoms with Gasteiger partial charge >= 0.3 is 18.1 Å². The summed E-state index contributed by atoms with van der Waals surface area (Å²) in [7, 11) is 0. The van der Waals surface area contributed by atoms with Crippen molar-refractivity contribution in [3.8, 4) is 0 Å². The van der Waals surface area contributed by atoms with Crippen LogP contribution in [-0.4, -0.2) is 84.2 Å². The lowest BCUT2D eigenvalue weighted by molar-refractivity contribution is -0.178. The molecule has 0 fully saturated rings. The Bertz CT molecular complexity index is 976. The maximum Gasteiger partial charge on any atom is 0.471 e. The van der Waals surface area contributed by atoms with E-state index in [1.165, 1.54) is 12.4 Å². The van der Waals surface area contributed by atoms with Crippen LogP contribution in [0.4, 0.5) is 13.2 Å². The molecule has 0 radical (unpaired) electrons. The van der Waals surface area contributed by atoms with Crippen molar-refractivity contribution in [2.45, 2.75) is 36.6 Å². The maximum absolute atomic E-state index is 12.9. The molecular formula is C17H17F3N4O7. The van der Waals surface area contributed by atoms with E-state index < -0.39 is 60.8 Å². The number of pyridine rings is 1. The Hall–Kier alpha value is -3.23. The molecule has 3 rings (SSSR count). The van der Waals surface area contributed by atoms with Crippen molar-refractivity contribution in [3.05, 3.63) is 36.4 Å². The van der Waals surface area contributed by atoms with Gasteiger partial charge < -0.3 is 30.5 Å². The van der Waals surface area contributed by atoms with Gasteiger partial charge in [-0.1, -0.05) is 0 Å². The Morgan fingerprint density at radius 3 is 2.58 bits per heavy atom. The summed E-state index contributed by atoms with van der Waals surface area (Å²) < 4.78 is 44.9. The molecule has 1 aliphatic rings. The highest BCUT2D eigenvalue weighted by Crippen LogP contribution is 2.31. The lowest BCUT2D eigenvalue weighted by Crippen LogP contribution is -2.60. The van der Waals surface area contributed by atoms with E-state index in [4.69, 9.17) is 9.84 Å². The largest absolute Gasteiger partial charge is 0.478 e. The zero-order chi connectivity index (χ0) is 22.9. The SMILES string of the molecule is O=C(O)C1=C[C@H](n2cc3ncccc3n2)[C@@H](NC(=O)C(F)(F)F)[C@H]([C@H](O)[C@H](O)CO)O1. The van der Waals surface area contributed by atoms with Gasteiger partial charge in [0.1, 0.15) is 29.3 Å². The van der Waals surface area contributed by atoms with Gasteiger partial charge in [0.15, 0.2) is 0 Å². The van der Waals surface area contributed by atoms with Crippen molar-refractivity contribution < 1.29 is 47.9 Å². The van der Waals surface area contributed by atoms with Crippen LogP contribution in [-0.2, 0) is 14.3 Å². The van der Waals surface area contributed by atoms with Crippen molar-refractivity contribution in [3.63, 3.8) is 0 Å². The molecule has 0 saturated carbocycles. The molecule has 2 aromatic rings. The third-order valence-electron chi connectivity index (χ3n) is 4.59. The van der Waals surface area contributed by atoms with E-state index in [1.807, 2.05) is 0 Å². The average molecular weight is 446 g/mol. The molecule has 1 amide bonds. The highest BCUT2D eigenvalue weighted by molar-refractivity contribution is 5.85. The summed E-state index contributed by atoms with van der Waals surface area (Å²) >= 11 is 0. The number of aliphatic carboxylic acids is 1. The first-order valence-corrected chi connectivity index (χ1v) is 8.79. The Kier molecular flexibility index (Phi) is 6.15. The van der Waals surface area contributed by atoms with Crippen LogP contribution < -0.4 is 5.32 Å². The number of halogens is 3. The zero-order valence-electron chi connectivity index (χ0n) is 15.5. The third kappa shape index (κ3) is 4.60. The van der Waals surface area contributed by atoms with Crippen molar-refractivity contribution in [1.29, 1.82) is 0 Å². The standard InChI is InChI=1S/C17H17F3N4O7/c18-17(19,20)16(30)22-12-9(24-5-8-7(23-24)2-1-3-21-8)4-11(15(28)29)31-14(12)13(27)10(26)6-25/h1-5,9-10,12-14,25-27H,6H2,(H,22,30)(H,28,29)/t9-,10+,12+,13+,14+/m0/s1. The number of amides is 1. The minimum atomic E-state index is -5.30. The summed E-state index contributed by atoms with van der Waals surface area (Å²) in [5, 5.41) is 44.3. The summed E-state index contributed by atoms with van der Waals surface area (Å²) in [6, 6.07) is -0.0194. The number of fused-ring (bicyclic) bond motifs is 1. The van der Waals surface area contributed by atoms with Gasteiger partial charge in [0.2, 0.25) is 5.76 Å². The highest BCUT2D eigenvalue weighted by atomic mass is 19.4. The average Bonchev–Trinajstić information content (AvgIpc) is 3.15. The molecule has 31 heavy (non-hydrogen) atoms. The number of carboxylic acid groups (broad SMARTS) is 1. The first-order chi connectivity index (χ1) is 14.5. The van der Waals surface area contributed by atoms with Gasteiger partial charge in [-0.15, -0.1) is 0 Å². The molecule has 0 aliphatic carbocycles. The molecule has 14 heteroatoms. The Balaban J connectivity index is 2.11. The fourth-order valence-electron chi connectivity index (χ4n) is 3.11. The van der Waals surface area contributed by atoms with Crippen LogP contribution in [0.2, 0.25) is 0 Å². The predicted molar refractivity (Wildman–Crippen MR) is 94.2 cm³/mol. The second-order valence-electron chi connectivity index (χ2n) is 6.66. The van der Waals surface area contributed by atoms with Crippen LogP contribution in [0.5, 0.6) is 0 Å². The number of hydrogen-bond acceptors (Lipinski definition) is 8.